The summed E-state index contributed by atoms with van der Waals surface area (Å²) in [5.74, 6) is 2.54. The molecule has 0 amide bonds. The minimum Gasteiger partial charge on any atom is -0.493 e. The van der Waals surface area contributed by atoms with Crippen LogP contribution in [0, 0.1) is 0 Å². The number of benzene rings is 1. The van der Waals surface area contributed by atoms with Crippen LogP contribution in [0.3, 0.4) is 0 Å². The Morgan fingerprint density at radius 2 is 1.96 bits per heavy atom. The lowest BCUT2D eigenvalue weighted by molar-refractivity contribution is 0.354. The summed E-state index contributed by atoms with van der Waals surface area (Å²) in [5.41, 5.74) is 7.84. The summed E-state index contributed by atoms with van der Waals surface area (Å²) in [5, 5.41) is 11.3. The van der Waals surface area contributed by atoms with Crippen molar-refractivity contribution in [3.05, 3.63) is 54.0 Å². The van der Waals surface area contributed by atoms with Crippen LogP contribution in [0.15, 0.2) is 47.6 Å². The molecule has 0 saturated heterocycles. The van der Waals surface area contributed by atoms with Gasteiger partial charge in [0.2, 0.25) is 0 Å². The van der Waals surface area contributed by atoms with E-state index in [0.29, 0.717) is 30.5 Å². The van der Waals surface area contributed by atoms with E-state index in [1.54, 1.807) is 14.2 Å². The standard InChI is InChI=1S/C18H22N6O2.HI/c1-25-14-7-6-13(11-15(14)26-2)8-9-20-18(19)21-12-17-23-22-16-5-3-4-10-24(16)17;/h3-7,10-11H,8-9,12H2,1-2H3,(H3,19,20,21);1H. The molecule has 0 radical (unpaired) electrons. The quantitative estimate of drug-likeness (QED) is 0.304. The zero-order chi connectivity index (χ0) is 18.4. The number of aromatic nitrogens is 3. The van der Waals surface area contributed by atoms with Gasteiger partial charge in [0.15, 0.2) is 28.9 Å². The Morgan fingerprint density at radius 3 is 2.74 bits per heavy atom. The molecule has 0 atom stereocenters. The lowest BCUT2D eigenvalue weighted by atomic mass is 10.1. The largest absolute Gasteiger partial charge is 0.493 e. The highest BCUT2D eigenvalue weighted by molar-refractivity contribution is 14.0. The summed E-state index contributed by atoms with van der Waals surface area (Å²) in [4.78, 5) is 4.32. The van der Waals surface area contributed by atoms with E-state index < -0.39 is 0 Å². The fourth-order valence-electron chi connectivity index (χ4n) is 2.58. The molecular formula is C18H23IN6O2. The highest BCUT2D eigenvalue weighted by atomic mass is 127. The molecule has 0 aliphatic rings. The first kappa shape index (κ1) is 20.7. The van der Waals surface area contributed by atoms with E-state index >= 15 is 0 Å². The maximum Gasteiger partial charge on any atom is 0.189 e. The van der Waals surface area contributed by atoms with Crippen LogP contribution in [0.5, 0.6) is 11.5 Å². The average Bonchev–Trinajstić information content (AvgIpc) is 3.09. The highest BCUT2D eigenvalue weighted by Gasteiger charge is 2.05. The van der Waals surface area contributed by atoms with Crippen molar-refractivity contribution in [1.82, 2.24) is 19.9 Å². The van der Waals surface area contributed by atoms with Crippen LogP contribution in [-0.4, -0.2) is 41.3 Å². The molecule has 9 heteroatoms. The molecule has 0 fully saturated rings. The number of halogens is 1. The molecule has 0 saturated carbocycles. The summed E-state index contributed by atoms with van der Waals surface area (Å²) in [6.45, 7) is 1.02. The third-order valence-electron chi connectivity index (χ3n) is 3.94. The summed E-state index contributed by atoms with van der Waals surface area (Å²) in [7, 11) is 3.24. The van der Waals surface area contributed by atoms with E-state index in [0.717, 1.165) is 23.5 Å². The van der Waals surface area contributed by atoms with Crippen LogP contribution in [0.4, 0.5) is 0 Å². The van der Waals surface area contributed by atoms with Crippen LogP contribution in [-0.2, 0) is 13.0 Å². The number of pyridine rings is 1. The molecule has 0 unspecified atom stereocenters. The van der Waals surface area contributed by atoms with Gasteiger partial charge in [-0.05, 0) is 36.2 Å². The topological polar surface area (TPSA) is 99.1 Å². The number of nitrogens with two attached hydrogens (primary N) is 1. The maximum atomic E-state index is 5.94. The van der Waals surface area contributed by atoms with E-state index in [1.807, 2.05) is 47.0 Å². The van der Waals surface area contributed by atoms with Gasteiger partial charge in [-0.25, -0.2) is 4.99 Å². The number of fused-ring (bicyclic) bond motifs is 1. The minimum absolute atomic E-state index is 0. The van der Waals surface area contributed by atoms with Crippen molar-refractivity contribution in [2.75, 3.05) is 20.8 Å². The number of hydrogen-bond acceptors (Lipinski definition) is 5. The van der Waals surface area contributed by atoms with Gasteiger partial charge in [-0.1, -0.05) is 12.1 Å². The summed E-state index contributed by atoms with van der Waals surface area (Å²) < 4.78 is 12.4. The van der Waals surface area contributed by atoms with Gasteiger partial charge in [0, 0.05) is 12.7 Å². The number of nitrogens with zero attached hydrogens (tertiary/aromatic N) is 4. The Balaban J connectivity index is 0.00000261. The zero-order valence-corrected chi connectivity index (χ0v) is 17.6. The molecule has 0 spiro atoms. The van der Waals surface area contributed by atoms with E-state index in [9.17, 15) is 0 Å². The fraction of sp³-hybridized carbons (Fsp3) is 0.278. The lowest BCUT2D eigenvalue weighted by Gasteiger charge is -2.10. The van der Waals surface area contributed by atoms with Crippen LogP contribution in [0.2, 0.25) is 0 Å². The van der Waals surface area contributed by atoms with E-state index in [1.165, 1.54) is 0 Å². The van der Waals surface area contributed by atoms with Gasteiger partial charge in [-0.3, -0.25) is 4.40 Å². The summed E-state index contributed by atoms with van der Waals surface area (Å²) in [6.07, 6.45) is 2.69. The van der Waals surface area contributed by atoms with Gasteiger partial charge in [-0.15, -0.1) is 34.2 Å². The Labute approximate surface area is 174 Å². The molecule has 144 valence electrons. The van der Waals surface area contributed by atoms with Crippen molar-refractivity contribution in [3.8, 4) is 11.5 Å². The van der Waals surface area contributed by atoms with Crippen molar-refractivity contribution < 1.29 is 9.47 Å². The summed E-state index contributed by atoms with van der Waals surface area (Å²) >= 11 is 0. The third-order valence-corrected chi connectivity index (χ3v) is 3.94. The first-order valence-corrected chi connectivity index (χ1v) is 8.24. The van der Waals surface area contributed by atoms with Gasteiger partial charge in [0.05, 0.1) is 14.2 Å². The number of hydrogen-bond donors (Lipinski definition) is 2. The molecule has 0 aliphatic heterocycles. The Kier molecular flexibility index (Phi) is 7.65. The Morgan fingerprint density at radius 1 is 1.15 bits per heavy atom. The van der Waals surface area contributed by atoms with E-state index in [4.69, 9.17) is 15.2 Å². The second-order valence-corrected chi connectivity index (χ2v) is 5.61. The minimum atomic E-state index is 0. The molecule has 0 aliphatic carbocycles. The van der Waals surface area contributed by atoms with Crippen LogP contribution >= 0.6 is 24.0 Å². The maximum absolute atomic E-state index is 5.94. The number of guanidine groups is 1. The molecule has 3 N–H and O–H groups in total. The van der Waals surface area contributed by atoms with Gasteiger partial charge in [0.25, 0.3) is 0 Å². The first-order chi connectivity index (χ1) is 12.7. The van der Waals surface area contributed by atoms with Crippen molar-refractivity contribution in [3.63, 3.8) is 0 Å². The van der Waals surface area contributed by atoms with Crippen molar-refractivity contribution in [1.29, 1.82) is 0 Å². The monoisotopic (exact) mass is 482 g/mol. The fourth-order valence-corrected chi connectivity index (χ4v) is 2.58. The third kappa shape index (κ3) is 5.22. The molecule has 2 heterocycles. The van der Waals surface area contributed by atoms with Crippen molar-refractivity contribution >= 4 is 35.6 Å². The Hall–Kier alpha value is -2.56. The molecule has 27 heavy (non-hydrogen) atoms. The zero-order valence-electron chi connectivity index (χ0n) is 15.3. The molecule has 8 nitrogen and oxygen atoms in total. The number of rotatable bonds is 7. The van der Waals surface area contributed by atoms with Gasteiger partial charge < -0.3 is 20.5 Å². The Bertz CT molecular complexity index is 912. The average molecular weight is 482 g/mol. The van der Waals surface area contributed by atoms with Crippen molar-refractivity contribution in [2.24, 2.45) is 10.7 Å². The molecule has 0 bridgehead atoms. The molecule has 3 aromatic rings. The van der Waals surface area contributed by atoms with E-state index in [-0.39, 0.29) is 24.0 Å². The smallest absolute Gasteiger partial charge is 0.189 e. The molecule has 1 aromatic carbocycles. The van der Waals surface area contributed by atoms with E-state index in [2.05, 4.69) is 20.5 Å². The number of nitrogens with one attached hydrogen (secondary N) is 1. The van der Waals surface area contributed by atoms with Crippen LogP contribution < -0.4 is 20.5 Å². The first-order valence-electron chi connectivity index (χ1n) is 8.24. The predicted molar refractivity (Wildman–Crippen MR) is 115 cm³/mol. The summed E-state index contributed by atoms with van der Waals surface area (Å²) in [6, 6.07) is 11.6. The lowest BCUT2D eigenvalue weighted by Crippen LogP contribution is -2.33. The SMILES string of the molecule is COc1ccc(CCNC(N)=NCc2nnc3ccccn23)cc1OC.I. The number of aliphatic imine (C=N–C) groups is 1. The van der Waals surface area contributed by atoms with Crippen molar-refractivity contribution in [2.45, 2.75) is 13.0 Å². The van der Waals surface area contributed by atoms with Gasteiger partial charge in [0.1, 0.15) is 6.54 Å². The number of methoxy groups -OCH3 is 2. The molecule has 2 aromatic heterocycles. The van der Waals surface area contributed by atoms with Crippen LogP contribution in [0.1, 0.15) is 11.4 Å². The second-order valence-electron chi connectivity index (χ2n) is 5.61. The molecule has 3 rings (SSSR count). The second kappa shape index (κ2) is 9.95. The van der Waals surface area contributed by atoms with Gasteiger partial charge in [-0.2, -0.15) is 0 Å². The normalized spacial score (nSPS) is 11.1. The predicted octanol–water partition coefficient (Wildman–Crippen LogP) is 2.01. The number of ether oxygens (including phenoxy) is 2. The van der Waals surface area contributed by atoms with Crippen LogP contribution in [0.25, 0.3) is 5.65 Å². The van der Waals surface area contributed by atoms with Gasteiger partial charge >= 0.3 is 0 Å². The highest BCUT2D eigenvalue weighted by Crippen LogP contribution is 2.27. The molecular weight excluding hydrogens is 459 g/mol.